The van der Waals surface area contributed by atoms with Crippen LogP contribution in [0.15, 0.2) is 59.5 Å². The summed E-state index contributed by atoms with van der Waals surface area (Å²) in [6, 6.07) is 15.6. The molecule has 0 atom stereocenters. The zero-order valence-corrected chi connectivity index (χ0v) is 21.9. The number of allylic oxidation sites excluding steroid dienone is 1. The number of benzene rings is 2. The third-order valence-corrected chi connectivity index (χ3v) is 8.27. The van der Waals surface area contributed by atoms with E-state index in [0.717, 1.165) is 12.1 Å². The zero-order chi connectivity index (χ0) is 24.0. The van der Waals surface area contributed by atoms with Gasteiger partial charge in [-0.1, -0.05) is 43.0 Å². The van der Waals surface area contributed by atoms with E-state index < -0.39 is 0 Å². The molecule has 2 heterocycles. The standard InChI is InChI=1S/C19H23NS2.C9H11NO/c1-5-16(22-17-9-7-6-8-13(17)2)19-14(3)21-18-12-20(4)11-10-15(18)19;1-2-9(11)7-3-5-8(10)6-4-7/h5-9H,10-12H2,1-4H3;3-6H,2,10H2,1H3/b16-5-;. The van der Waals surface area contributed by atoms with Crippen molar-refractivity contribution < 1.29 is 4.79 Å². The van der Waals surface area contributed by atoms with Crippen molar-refractivity contribution >= 4 is 39.5 Å². The van der Waals surface area contributed by atoms with Crippen LogP contribution >= 0.6 is 23.1 Å². The number of nitrogens with zero attached hydrogens (tertiary/aromatic N) is 1. The number of Topliss-reactive ketones (excluding diaryl/α,β-unsaturated/α-hetero) is 1. The molecule has 0 fully saturated rings. The van der Waals surface area contributed by atoms with Gasteiger partial charge in [0.25, 0.3) is 0 Å². The van der Waals surface area contributed by atoms with Gasteiger partial charge in [0, 0.05) is 55.9 Å². The molecule has 0 spiro atoms. The van der Waals surface area contributed by atoms with E-state index >= 15 is 0 Å². The molecule has 0 saturated heterocycles. The molecule has 0 unspecified atom stereocenters. The average molecular weight is 479 g/mol. The van der Waals surface area contributed by atoms with Crippen LogP contribution in [0.1, 0.15) is 57.1 Å². The van der Waals surface area contributed by atoms with Crippen LogP contribution in [0.3, 0.4) is 0 Å². The molecule has 1 aliphatic heterocycles. The largest absolute Gasteiger partial charge is 0.399 e. The maximum absolute atomic E-state index is 11.1. The first-order valence-corrected chi connectivity index (χ1v) is 13.1. The molecule has 1 aliphatic rings. The van der Waals surface area contributed by atoms with Crippen molar-refractivity contribution in [1.82, 2.24) is 4.90 Å². The van der Waals surface area contributed by atoms with E-state index in [1.807, 2.05) is 30.0 Å². The number of nitrogen functional groups attached to an aromatic ring is 1. The Labute approximate surface area is 206 Å². The van der Waals surface area contributed by atoms with E-state index in [0.29, 0.717) is 12.1 Å². The predicted octanol–water partition coefficient (Wildman–Crippen LogP) is 7.37. The lowest BCUT2D eigenvalue weighted by Crippen LogP contribution is -2.25. The number of thiophene rings is 1. The van der Waals surface area contributed by atoms with E-state index in [2.05, 4.69) is 63.1 Å². The van der Waals surface area contributed by atoms with Gasteiger partial charge < -0.3 is 10.6 Å². The first-order valence-electron chi connectivity index (χ1n) is 11.4. The minimum atomic E-state index is 0.157. The molecule has 174 valence electrons. The Hall–Kier alpha value is -2.34. The summed E-state index contributed by atoms with van der Waals surface area (Å²) in [7, 11) is 2.22. The highest BCUT2D eigenvalue weighted by Crippen LogP contribution is 2.43. The van der Waals surface area contributed by atoms with E-state index in [1.54, 1.807) is 34.7 Å². The Kier molecular flexibility index (Phi) is 8.95. The van der Waals surface area contributed by atoms with Gasteiger partial charge in [0.05, 0.1) is 0 Å². The van der Waals surface area contributed by atoms with Crippen molar-refractivity contribution in [2.45, 2.75) is 52.0 Å². The first-order chi connectivity index (χ1) is 15.8. The van der Waals surface area contributed by atoms with Crippen molar-refractivity contribution in [1.29, 1.82) is 0 Å². The highest BCUT2D eigenvalue weighted by molar-refractivity contribution is 8.08. The average Bonchev–Trinajstić information content (AvgIpc) is 3.13. The Morgan fingerprint density at radius 1 is 1.15 bits per heavy atom. The molecule has 0 amide bonds. The van der Waals surface area contributed by atoms with Crippen molar-refractivity contribution in [2.75, 3.05) is 19.3 Å². The van der Waals surface area contributed by atoms with Gasteiger partial charge >= 0.3 is 0 Å². The number of nitrogens with two attached hydrogens (primary N) is 1. The molecule has 33 heavy (non-hydrogen) atoms. The Bertz CT molecular complexity index is 1130. The minimum Gasteiger partial charge on any atom is -0.399 e. The Morgan fingerprint density at radius 2 is 1.85 bits per heavy atom. The number of hydrogen-bond acceptors (Lipinski definition) is 5. The van der Waals surface area contributed by atoms with Crippen LogP contribution in [0.5, 0.6) is 0 Å². The number of carbonyl (C=O) groups excluding carboxylic acids is 1. The van der Waals surface area contributed by atoms with Crippen LogP contribution in [0.4, 0.5) is 5.69 Å². The molecule has 2 aromatic carbocycles. The number of hydrogen-bond donors (Lipinski definition) is 1. The molecule has 2 N–H and O–H groups in total. The summed E-state index contributed by atoms with van der Waals surface area (Å²) in [5.74, 6) is 0.157. The molecule has 3 aromatic rings. The van der Waals surface area contributed by atoms with Gasteiger partial charge in [0.15, 0.2) is 5.78 Å². The highest BCUT2D eigenvalue weighted by atomic mass is 32.2. The topological polar surface area (TPSA) is 46.3 Å². The third-order valence-electron chi connectivity index (χ3n) is 5.80. The maximum atomic E-state index is 11.1. The van der Waals surface area contributed by atoms with E-state index in [4.69, 9.17) is 5.73 Å². The quantitative estimate of drug-likeness (QED) is 0.236. The lowest BCUT2D eigenvalue weighted by atomic mass is 10.0. The van der Waals surface area contributed by atoms with Crippen molar-refractivity contribution in [3.63, 3.8) is 0 Å². The fourth-order valence-electron chi connectivity index (χ4n) is 3.91. The van der Waals surface area contributed by atoms with Crippen LogP contribution < -0.4 is 5.73 Å². The summed E-state index contributed by atoms with van der Waals surface area (Å²) in [6.45, 7) is 10.8. The second-order valence-electron chi connectivity index (χ2n) is 8.34. The van der Waals surface area contributed by atoms with Crippen molar-refractivity contribution in [2.24, 2.45) is 0 Å². The predicted molar refractivity (Wildman–Crippen MR) is 145 cm³/mol. The second kappa shape index (κ2) is 11.7. The van der Waals surface area contributed by atoms with Crippen LogP contribution in [-0.4, -0.2) is 24.3 Å². The normalized spacial score (nSPS) is 13.8. The summed E-state index contributed by atoms with van der Waals surface area (Å²) >= 11 is 3.90. The van der Waals surface area contributed by atoms with Crippen molar-refractivity contribution in [3.8, 4) is 0 Å². The summed E-state index contributed by atoms with van der Waals surface area (Å²) in [4.78, 5) is 19.3. The number of aryl methyl sites for hydroxylation is 2. The number of carbonyl (C=O) groups is 1. The number of thioether (sulfide) groups is 1. The van der Waals surface area contributed by atoms with Gasteiger partial charge in [-0.3, -0.25) is 4.79 Å². The molecule has 1 aromatic heterocycles. The summed E-state index contributed by atoms with van der Waals surface area (Å²) in [6.07, 6.45) is 4.01. The monoisotopic (exact) mass is 478 g/mol. The molecule has 0 radical (unpaired) electrons. The molecule has 3 nitrogen and oxygen atoms in total. The summed E-state index contributed by atoms with van der Waals surface area (Å²) in [5.41, 5.74) is 11.3. The van der Waals surface area contributed by atoms with Gasteiger partial charge in [0.1, 0.15) is 0 Å². The van der Waals surface area contributed by atoms with Gasteiger partial charge in [-0.15, -0.1) is 11.3 Å². The maximum Gasteiger partial charge on any atom is 0.162 e. The van der Waals surface area contributed by atoms with E-state index in [9.17, 15) is 4.79 Å². The third kappa shape index (κ3) is 6.38. The van der Waals surface area contributed by atoms with Gasteiger partial charge in [0.2, 0.25) is 0 Å². The smallest absolute Gasteiger partial charge is 0.162 e. The number of ketones is 1. The molecule has 0 saturated carbocycles. The molecule has 0 bridgehead atoms. The highest BCUT2D eigenvalue weighted by Gasteiger charge is 2.23. The van der Waals surface area contributed by atoms with Crippen LogP contribution in [0.25, 0.3) is 4.91 Å². The first kappa shape index (κ1) is 25.3. The SMILES string of the molecule is C/C=C(\Sc1ccccc1C)c1c(C)sc2c1CCN(C)C2.CCC(=O)c1ccc(N)cc1. The molecule has 5 heteroatoms. The van der Waals surface area contributed by atoms with Gasteiger partial charge in [-0.2, -0.15) is 0 Å². The number of fused-ring (bicyclic) bond motifs is 1. The number of rotatable bonds is 5. The number of likely N-dealkylation sites (N-methyl/N-ethyl adjacent to an activating group) is 1. The lowest BCUT2D eigenvalue weighted by molar-refractivity contribution is 0.0988. The molecular formula is C28H34N2OS2. The van der Waals surface area contributed by atoms with E-state index in [-0.39, 0.29) is 5.78 Å². The van der Waals surface area contributed by atoms with Gasteiger partial charge in [-0.05, 0) is 75.7 Å². The molecule has 4 rings (SSSR count). The summed E-state index contributed by atoms with van der Waals surface area (Å²) in [5, 5.41) is 0. The van der Waals surface area contributed by atoms with Crippen LogP contribution in [0.2, 0.25) is 0 Å². The molecular weight excluding hydrogens is 444 g/mol. The fraction of sp³-hybridized carbons (Fsp3) is 0.321. The number of anilines is 1. The van der Waals surface area contributed by atoms with Crippen LogP contribution in [-0.2, 0) is 13.0 Å². The Balaban J connectivity index is 0.000000235. The van der Waals surface area contributed by atoms with Gasteiger partial charge in [-0.25, -0.2) is 0 Å². The molecule has 0 aliphatic carbocycles. The second-order valence-corrected chi connectivity index (χ2v) is 10.7. The minimum absolute atomic E-state index is 0.157. The summed E-state index contributed by atoms with van der Waals surface area (Å²) < 4.78 is 0. The fourth-order valence-corrected chi connectivity index (χ4v) is 6.40. The Morgan fingerprint density at radius 3 is 2.48 bits per heavy atom. The van der Waals surface area contributed by atoms with Crippen LogP contribution in [0, 0.1) is 13.8 Å². The lowest BCUT2D eigenvalue weighted by Gasteiger charge is -2.23. The zero-order valence-electron chi connectivity index (χ0n) is 20.3. The van der Waals surface area contributed by atoms with E-state index in [1.165, 1.54) is 38.8 Å². The van der Waals surface area contributed by atoms with Crippen molar-refractivity contribution in [3.05, 3.63) is 86.6 Å².